The lowest BCUT2D eigenvalue weighted by molar-refractivity contribution is -0.115. The molecule has 23 heavy (non-hydrogen) atoms. The molecule has 3 N–H and O–H groups in total. The van der Waals surface area contributed by atoms with Crippen LogP contribution in [0.2, 0.25) is 0 Å². The van der Waals surface area contributed by atoms with Crippen molar-refractivity contribution < 1.29 is 4.79 Å². The number of hydrogen-bond donors (Lipinski definition) is 2. The van der Waals surface area contributed by atoms with Gasteiger partial charge >= 0.3 is 0 Å². The number of carbonyl (C=O) groups excluding carboxylic acids is 1. The number of nitrogens with two attached hydrogens (primary N) is 1. The number of amides is 1. The van der Waals surface area contributed by atoms with Gasteiger partial charge in [-0.1, -0.05) is 37.7 Å². The summed E-state index contributed by atoms with van der Waals surface area (Å²) < 4.78 is 1.47. The fraction of sp³-hybridized carbons (Fsp3) is 0.438. The number of nitrogens with zero attached hydrogens (tertiary/aromatic N) is 3. The summed E-state index contributed by atoms with van der Waals surface area (Å²) in [6.07, 6.45) is 2.70. The quantitative estimate of drug-likeness (QED) is 0.601. The highest BCUT2D eigenvalue weighted by Crippen LogP contribution is 2.22. The Kier molecular flexibility index (Phi) is 6.04. The summed E-state index contributed by atoms with van der Waals surface area (Å²) in [7, 11) is 0. The van der Waals surface area contributed by atoms with Crippen molar-refractivity contribution in [2.45, 2.75) is 50.4 Å². The number of rotatable bonds is 7. The van der Waals surface area contributed by atoms with Crippen molar-refractivity contribution in [1.82, 2.24) is 14.9 Å². The maximum atomic E-state index is 12.3. The minimum Gasteiger partial charge on any atom is -0.336 e. The van der Waals surface area contributed by atoms with E-state index in [1.165, 1.54) is 22.0 Å². The molecule has 0 saturated carbocycles. The van der Waals surface area contributed by atoms with E-state index in [2.05, 4.69) is 29.4 Å². The molecule has 0 unspecified atom stereocenters. The molecule has 0 fully saturated rings. The molecular formula is C16H23N5OS. The highest BCUT2D eigenvalue weighted by Gasteiger charge is 2.19. The molecule has 0 aliphatic rings. The second-order valence-corrected chi connectivity index (χ2v) is 6.63. The van der Waals surface area contributed by atoms with Crippen molar-refractivity contribution in [2.24, 2.45) is 0 Å². The standard InChI is InChI=1S/C16H23N5OS/c1-4-6-14-19-20-16(21(14)17)23-11(3)15(22)18-13-9-7-12(5-2)8-10-13/h7-11H,4-6,17H2,1-3H3,(H,18,22)/t11-/m1/s1. The molecule has 0 radical (unpaired) electrons. The molecule has 1 aromatic heterocycles. The number of nitrogens with one attached hydrogen (secondary N) is 1. The summed E-state index contributed by atoms with van der Waals surface area (Å²) in [5, 5.41) is 11.3. The predicted octanol–water partition coefficient (Wildman–Crippen LogP) is 2.63. The number of thioether (sulfide) groups is 1. The van der Waals surface area contributed by atoms with Crippen molar-refractivity contribution >= 4 is 23.4 Å². The van der Waals surface area contributed by atoms with Gasteiger partial charge in [-0.05, 0) is 37.5 Å². The van der Waals surface area contributed by atoms with Gasteiger partial charge < -0.3 is 11.2 Å². The lowest BCUT2D eigenvalue weighted by Crippen LogP contribution is -2.23. The molecule has 0 aliphatic carbocycles. The molecule has 0 saturated heterocycles. The van der Waals surface area contributed by atoms with Gasteiger partial charge in [0.1, 0.15) is 0 Å². The van der Waals surface area contributed by atoms with Crippen LogP contribution in [0, 0.1) is 0 Å². The van der Waals surface area contributed by atoms with Crippen LogP contribution in [0.4, 0.5) is 5.69 Å². The van der Waals surface area contributed by atoms with Crippen molar-refractivity contribution in [3.8, 4) is 0 Å². The molecule has 7 heteroatoms. The van der Waals surface area contributed by atoms with Gasteiger partial charge in [0, 0.05) is 12.1 Å². The Labute approximate surface area is 140 Å². The number of aryl methyl sites for hydroxylation is 2. The van der Waals surface area contributed by atoms with Crippen molar-refractivity contribution in [3.05, 3.63) is 35.7 Å². The van der Waals surface area contributed by atoms with Crippen LogP contribution >= 0.6 is 11.8 Å². The zero-order chi connectivity index (χ0) is 16.8. The van der Waals surface area contributed by atoms with Gasteiger partial charge in [-0.25, -0.2) is 4.68 Å². The SMILES string of the molecule is CCCc1nnc(S[C@H](C)C(=O)Nc2ccc(CC)cc2)n1N. The zero-order valence-electron chi connectivity index (χ0n) is 13.7. The molecule has 1 aromatic carbocycles. The Balaban J connectivity index is 1.96. The van der Waals surface area contributed by atoms with Gasteiger partial charge in [-0.2, -0.15) is 0 Å². The summed E-state index contributed by atoms with van der Waals surface area (Å²) in [5.41, 5.74) is 2.03. The predicted molar refractivity (Wildman–Crippen MR) is 93.9 cm³/mol. The van der Waals surface area contributed by atoms with Crippen molar-refractivity contribution in [2.75, 3.05) is 11.2 Å². The molecule has 0 bridgehead atoms. The fourth-order valence-corrected chi connectivity index (χ4v) is 2.85. The fourth-order valence-electron chi connectivity index (χ4n) is 2.06. The van der Waals surface area contributed by atoms with Crippen molar-refractivity contribution in [3.63, 3.8) is 0 Å². The summed E-state index contributed by atoms with van der Waals surface area (Å²) >= 11 is 1.30. The van der Waals surface area contributed by atoms with E-state index in [4.69, 9.17) is 5.84 Å². The molecule has 2 rings (SSSR count). The summed E-state index contributed by atoms with van der Waals surface area (Å²) in [5.74, 6) is 6.61. The minimum atomic E-state index is -0.318. The Morgan fingerprint density at radius 3 is 2.61 bits per heavy atom. The molecular weight excluding hydrogens is 310 g/mol. The second-order valence-electron chi connectivity index (χ2n) is 5.32. The average molecular weight is 333 g/mol. The first-order valence-corrected chi connectivity index (χ1v) is 8.68. The van der Waals surface area contributed by atoms with Crippen molar-refractivity contribution in [1.29, 1.82) is 0 Å². The first-order chi connectivity index (χ1) is 11.0. The van der Waals surface area contributed by atoms with Gasteiger partial charge in [0.15, 0.2) is 5.82 Å². The maximum Gasteiger partial charge on any atom is 0.237 e. The van der Waals surface area contributed by atoms with Gasteiger partial charge in [0.05, 0.1) is 5.25 Å². The third-order valence-corrected chi connectivity index (χ3v) is 4.55. The normalized spacial score (nSPS) is 12.1. The van der Waals surface area contributed by atoms with Gasteiger partial charge in [0.2, 0.25) is 11.1 Å². The van der Waals surface area contributed by atoms with Gasteiger partial charge in [0.25, 0.3) is 0 Å². The van der Waals surface area contributed by atoms with Gasteiger partial charge in [-0.15, -0.1) is 10.2 Å². The monoisotopic (exact) mass is 333 g/mol. The van der Waals surface area contributed by atoms with Crippen LogP contribution in [0.15, 0.2) is 29.4 Å². The van der Waals surface area contributed by atoms with Crippen LogP contribution in [0.1, 0.15) is 38.6 Å². The highest BCUT2D eigenvalue weighted by molar-refractivity contribution is 8.00. The number of aromatic nitrogens is 3. The molecule has 1 heterocycles. The Bertz CT molecular complexity index is 653. The summed E-state index contributed by atoms with van der Waals surface area (Å²) in [4.78, 5) is 12.3. The third-order valence-electron chi connectivity index (χ3n) is 3.49. The van der Waals surface area contributed by atoms with Crippen LogP contribution in [0.5, 0.6) is 0 Å². The van der Waals surface area contributed by atoms with E-state index in [0.717, 1.165) is 30.8 Å². The number of benzene rings is 1. The molecule has 1 atom stereocenters. The topological polar surface area (TPSA) is 85.8 Å². The van der Waals surface area contributed by atoms with Crippen LogP contribution in [-0.4, -0.2) is 26.0 Å². The third kappa shape index (κ3) is 4.48. The Morgan fingerprint density at radius 1 is 1.30 bits per heavy atom. The summed E-state index contributed by atoms with van der Waals surface area (Å²) in [6, 6.07) is 7.86. The average Bonchev–Trinajstić information content (AvgIpc) is 2.89. The number of anilines is 1. The largest absolute Gasteiger partial charge is 0.336 e. The maximum absolute atomic E-state index is 12.3. The number of hydrogen-bond acceptors (Lipinski definition) is 5. The lowest BCUT2D eigenvalue weighted by Gasteiger charge is -2.12. The van der Waals surface area contributed by atoms with Crippen LogP contribution < -0.4 is 11.2 Å². The smallest absolute Gasteiger partial charge is 0.237 e. The van der Waals surface area contributed by atoms with Crippen LogP contribution in [0.25, 0.3) is 0 Å². The summed E-state index contributed by atoms with van der Waals surface area (Å²) in [6.45, 7) is 5.98. The Morgan fingerprint density at radius 2 is 2.00 bits per heavy atom. The first kappa shape index (κ1) is 17.3. The van der Waals surface area contributed by atoms with Crippen LogP contribution in [-0.2, 0) is 17.6 Å². The molecule has 0 spiro atoms. The van der Waals surface area contributed by atoms with Gasteiger partial charge in [-0.3, -0.25) is 4.79 Å². The molecule has 6 nitrogen and oxygen atoms in total. The number of nitrogen functional groups attached to an aromatic ring is 1. The van der Waals surface area contributed by atoms with E-state index >= 15 is 0 Å². The zero-order valence-corrected chi connectivity index (χ0v) is 14.6. The highest BCUT2D eigenvalue weighted by atomic mass is 32.2. The van der Waals surface area contributed by atoms with E-state index in [-0.39, 0.29) is 11.2 Å². The Hall–Kier alpha value is -2.02. The first-order valence-electron chi connectivity index (χ1n) is 7.81. The minimum absolute atomic E-state index is 0.0840. The molecule has 0 aliphatic heterocycles. The molecule has 2 aromatic rings. The molecule has 1 amide bonds. The molecule has 124 valence electrons. The van der Waals surface area contributed by atoms with E-state index in [0.29, 0.717) is 5.16 Å². The van der Waals surface area contributed by atoms with E-state index in [1.807, 2.05) is 31.2 Å². The van der Waals surface area contributed by atoms with E-state index in [1.54, 1.807) is 0 Å². The van der Waals surface area contributed by atoms with Crippen LogP contribution in [0.3, 0.4) is 0 Å². The lowest BCUT2D eigenvalue weighted by atomic mass is 10.1. The number of carbonyl (C=O) groups is 1. The van der Waals surface area contributed by atoms with E-state index in [9.17, 15) is 4.79 Å². The van der Waals surface area contributed by atoms with E-state index < -0.39 is 0 Å². The second kappa shape index (κ2) is 8.01.